The first kappa shape index (κ1) is 12.4. The van der Waals surface area contributed by atoms with Crippen molar-refractivity contribution in [3.05, 3.63) is 28.8 Å². The zero-order valence-electron chi connectivity index (χ0n) is 11.9. The van der Waals surface area contributed by atoms with E-state index >= 15 is 0 Å². The fourth-order valence-electron chi connectivity index (χ4n) is 3.00. The van der Waals surface area contributed by atoms with Crippen molar-refractivity contribution >= 4 is 5.69 Å². The van der Waals surface area contributed by atoms with E-state index in [0.717, 1.165) is 0 Å². The normalized spacial score (nSPS) is 24.1. The van der Waals surface area contributed by atoms with Crippen LogP contribution < -0.4 is 4.90 Å². The van der Waals surface area contributed by atoms with Crippen molar-refractivity contribution in [2.75, 3.05) is 26.0 Å². The number of anilines is 1. The first-order valence-electron chi connectivity index (χ1n) is 6.42. The third kappa shape index (κ3) is 1.95. The van der Waals surface area contributed by atoms with E-state index in [1.165, 1.54) is 28.8 Å². The highest BCUT2D eigenvalue weighted by atomic mass is 15.2. The molecule has 2 rings (SSSR count). The summed E-state index contributed by atoms with van der Waals surface area (Å²) in [5.41, 5.74) is 5.78. The maximum atomic E-state index is 2.44. The molecule has 2 unspecified atom stereocenters. The Morgan fingerprint density at radius 3 is 2.35 bits per heavy atom. The van der Waals surface area contributed by atoms with E-state index in [1.54, 1.807) is 0 Å². The molecule has 17 heavy (non-hydrogen) atoms. The van der Waals surface area contributed by atoms with Gasteiger partial charge in [0.15, 0.2) is 0 Å². The van der Waals surface area contributed by atoms with E-state index in [2.05, 4.69) is 63.8 Å². The fraction of sp³-hybridized carbons (Fsp3) is 0.600. The maximum Gasteiger partial charge on any atom is 0.0447 e. The third-order valence-corrected chi connectivity index (χ3v) is 4.17. The van der Waals surface area contributed by atoms with Gasteiger partial charge in [0.1, 0.15) is 0 Å². The number of aryl methyl sites for hydroxylation is 2. The lowest BCUT2D eigenvalue weighted by Gasteiger charge is -2.42. The van der Waals surface area contributed by atoms with Gasteiger partial charge in [-0.3, -0.25) is 0 Å². The summed E-state index contributed by atoms with van der Waals surface area (Å²) in [6, 6.07) is 5.66. The molecule has 2 nitrogen and oxygen atoms in total. The van der Waals surface area contributed by atoms with Crippen LogP contribution in [-0.2, 0) is 0 Å². The molecule has 0 saturated heterocycles. The predicted octanol–water partition coefficient (Wildman–Crippen LogP) is 3.13. The molecule has 1 aromatic rings. The molecule has 1 aliphatic heterocycles. The SMILES string of the molecule is Cc1ccc(C)c2c1C(N(C)C)CC(C)N2C. The smallest absolute Gasteiger partial charge is 0.0447 e. The number of nitrogens with zero attached hydrogens (tertiary/aromatic N) is 2. The molecule has 0 amide bonds. The molecule has 0 aliphatic carbocycles. The average molecular weight is 232 g/mol. The Kier molecular flexibility index (Phi) is 3.17. The summed E-state index contributed by atoms with van der Waals surface area (Å²) in [4.78, 5) is 4.80. The lowest BCUT2D eigenvalue weighted by Crippen LogP contribution is -2.40. The zero-order chi connectivity index (χ0) is 12.7. The van der Waals surface area contributed by atoms with E-state index in [0.29, 0.717) is 12.1 Å². The van der Waals surface area contributed by atoms with Crippen molar-refractivity contribution < 1.29 is 0 Å². The summed E-state index contributed by atoms with van der Waals surface area (Å²) in [6.45, 7) is 6.78. The topological polar surface area (TPSA) is 6.48 Å². The molecule has 0 aromatic heterocycles. The van der Waals surface area contributed by atoms with Crippen molar-refractivity contribution in [1.29, 1.82) is 0 Å². The minimum atomic E-state index is 0.552. The number of hydrogen-bond acceptors (Lipinski definition) is 2. The van der Waals surface area contributed by atoms with Crippen LogP contribution in [0.2, 0.25) is 0 Å². The summed E-state index contributed by atoms with van der Waals surface area (Å²) in [5, 5.41) is 0. The molecule has 1 heterocycles. The van der Waals surface area contributed by atoms with Crippen molar-refractivity contribution in [3.63, 3.8) is 0 Å². The lowest BCUT2D eigenvalue weighted by molar-refractivity contribution is 0.260. The van der Waals surface area contributed by atoms with E-state index in [1.807, 2.05) is 0 Å². The summed E-state index contributed by atoms with van der Waals surface area (Å²) >= 11 is 0. The maximum absolute atomic E-state index is 2.44. The van der Waals surface area contributed by atoms with Gasteiger partial charge in [-0.1, -0.05) is 12.1 Å². The second-order valence-electron chi connectivity index (χ2n) is 5.64. The van der Waals surface area contributed by atoms with Gasteiger partial charge in [-0.15, -0.1) is 0 Å². The minimum absolute atomic E-state index is 0.552. The fourth-order valence-corrected chi connectivity index (χ4v) is 3.00. The zero-order valence-corrected chi connectivity index (χ0v) is 11.9. The molecular formula is C15H24N2. The second-order valence-corrected chi connectivity index (χ2v) is 5.64. The summed E-state index contributed by atoms with van der Waals surface area (Å²) in [6.07, 6.45) is 1.21. The molecule has 2 atom stereocenters. The quantitative estimate of drug-likeness (QED) is 0.734. The minimum Gasteiger partial charge on any atom is -0.371 e. The molecule has 1 aliphatic rings. The first-order valence-corrected chi connectivity index (χ1v) is 6.42. The van der Waals surface area contributed by atoms with Gasteiger partial charge in [0.05, 0.1) is 0 Å². The highest BCUT2D eigenvalue weighted by Gasteiger charge is 2.31. The van der Waals surface area contributed by atoms with Gasteiger partial charge < -0.3 is 9.80 Å². The van der Waals surface area contributed by atoms with E-state index in [4.69, 9.17) is 0 Å². The lowest BCUT2D eigenvalue weighted by atomic mass is 9.86. The highest BCUT2D eigenvalue weighted by molar-refractivity contribution is 5.64. The van der Waals surface area contributed by atoms with Crippen molar-refractivity contribution in [3.8, 4) is 0 Å². The van der Waals surface area contributed by atoms with Crippen LogP contribution in [0.5, 0.6) is 0 Å². The Hall–Kier alpha value is -1.02. The van der Waals surface area contributed by atoms with E-state index in [-0.39, 0.29) is 0 Å². The Morgan fingerprint density at radius 2 is 1.76 bits per heavy atom. The van der Waals surface area contributed by atoms with Crippen LogP contribution in [0.25, 0.3) is 0 Å². The monoisotopic (exact) mass is 232 g/mol. The first-order chi connectivity index (χ1) is 7.93. The van der Waals surface area contributed by atoms with Crippen LogP contribution >= 0.6 is 0 Å². The van der Waals surface area contributed by atoms with Crippen LogP contribution in [0, 0.1) is 13.8 Å². The number of rotatable bonds is 1. The van der Waals surface area contributed by atoms with Gasteiger partial charge in [0, 0.05) is 24.8 Å². The third-order valence-electron chi connectivity index (χ3n) is 4.17. The number of hydrogen-bond donors (Lipinski definition) is 0. The van der Waals surface area contributed by atoms with Crippen LogP contribution in [-0.4, -0.2) is 32.1 Å². The van der Waals surface area contributed by atoms with Gasteiger partial charge in [0.2, 0.25) is 0 Å². The predicted molar refractivity (Wildman–Crippen MR) is 74.8 cm³/mol. The van der Waals surface area contributed by atoms with Gasteiger partial charge in [0.25, 0.3) is 0 Å². The van der Waals surface area contributed by atoms with Crippen LogP contribution in [0.3, 0.4) is 0 Å². The average Bonchev–Trinajstić information content (AvgIpc) is 2.26. The molecule has 0 fully saturated rings. The summed E-state index contributed by atoms with van der Waals surface area (Å²) in [7, 11) is 6.60. The molecule has 94 valence electrons. The Bertz CT molecular complexity index is 423. The molecule has 0 N–H and O–H groups in total. The molecule has 0 bridgehead atoms. The Labute approximate surface area is 105 Å². The van der Waals surface area contributed by atoms with Crippen molar-refractivity contribution in [2.45, 2.75) is 39.3 Å². The van der Waals surface area contributed by atoms with E-state index < -0.39 is 0 Å². The van der Waals surface area contributed by atoms with Gasteiger partial charge in [-0.25, -0.2) is 0 Å². The van der Waals surface area contributed by atoms with Gasteiger partial charge >= 0.3 is 0 Å². The van der Waals surface area contributed by atoms with Crippen LogP contribution in [0.15, 0.2) is 12.1 Å². The molecular weight excluding hydrogens is 208 g/mol. The second kappa shape index (κ2) is 4.34. The standard InChI is InChI=1S/C15H24N2/c1-10-7-8-11(2)15-14(10)13(16(4)5)9-12(3)17(15)6/h7-8,12-13H,9H2,1-6H3. The molecule has 0 spiro atoms. The van der Waals surface area contributed by atoms with E-state index in [9.17, 15) is 0 Å². The largest absolute Gasteiger partial charge is 0.371 e. The molecule has 0 radical (unpaired) electrons. The Balaban J connectivity index is 2.63. The molecule has 2 heteroatoms. The van der Waals surface area contributed by atoms with Crippen molar-refractivity contribution in [2.24, 2.45) is 0 Å². The molecule has 1 aromatic carbocycles. The molecule has 0 saturated carbocycles. The summed E-state index contributed by atoms with van der Waals surface area (Å²) in [5.74, 6) is 0. The van der Waals surface area contributed by atoms with Crippen molar-refractivity contribution in [1.82, 2.24) is 4.90 Å². The Morgan fingerprint density at radius 1 is 1.18 bits per heavy atom. The number of fused-ring (bicyclic) bond motifs is 1. The van der Waals surface area contributed by atoms with Crippen LogP contribution in [0.4, 0.5) is 5.69 Å². The van der Waals surface area contributed by atoms with Gasteiger partial charge in [-0.05, 0) is 58.0 Å². The summed E-state index contributed by atoms with van der Waals surface area (Å²) < 4.78 is 0. The van der Waals surface area contributed by atoms with Gasteiger partial charge in [-0.2, -0.15) is 0 Å². The van der Waals surface area contributed by atoms with Crippen LogP contribution in [0.1, 0.15) is 36.1 Å². The number of benzene rings is 1. The highest BCUT2D eigenvalue weighted by Crippen LogP contribution is 2.42.